The fourth-order valence-electron chi connectivity index (χ4n) is 5.06. The summed E-state index contributed by atoms with van der Waals surface area (Å²) in [6.07, 6.45) is 1.70. The molecule has 6 heteroatoms. The Bertz CT molecular complexity index is 1300. The van der Waals surface area contributed by atoms with E-state index >= 15 is 0 Å². The molecule has 1 fully saturated rings. The highest BCUT2D eigenvalue weighted by molar-refractivity contribution is 6.02. The van der Waals surface area contributed by atoms with Gasteiger partial charge in [0.2, 0.25) is 0 Å². The molecule has 0 radical (unpaired) electrons. The number of nitrogens with zero attached hydrogens (tertiary/aromatic N) is 4. The number of hydrazone groups is 1. The van der Waals surface area contributed by atoms with Crippen molar-refractivity contribution >= 4 is 12.0 Å². The van der Waals surface area contributed by atoms with Crippen LogP contribution in [0.4, 0.5) is 0 Å². The van der Waals surface area contributed by atoms with Crippen LogP contribution in [0, 0.1) is 28.1 Å². The highest BCUT2D eigenvalue weighted by Crippen LogP contribution is 2.59. The van der Waals surface area contributed by atoms with Crippen molar-refractivity contribution in [3.63, 3.8) is 0 Å². The Morgan fingerprint density at radius 2 is 1.64 bits per heavy atom. The number of carbonyl (C=O) groups is 1. The molecular weight excluding hydrogens is 412 g/mol. The van der Waals surface area contributed by atoms with E-state index in [1.807, 2.05) is 54.6 Å². The van der Waals surface area contributed by atoms with E-state index in [1.165, 1.54) is 0 Å². The number of ether oxygens (including phenoxy) is 1. The molecule has 5 rings (SSSR count). The Balaban J connectivity index is 1.74. The molecule has 0 N–H and O–H groups in total. The number of methoxy groups -OCH3 is 1. The van der Waals surface area contributed by atoms with Crippen molar-refractivity contribution in [1.29, 1.82) is 10.5 Å². The number of Topliss-reactive ketones (excluding diaryl/α,β-unsaturated/α-hetero) is 1. The van der Waals surface area contributed by atoms with Gasteiger partial charge in [-0.05, 0) is 41.0 Å². The number of ketones is 1. The molecule has 160 valence electrons. The van der Waals surface area contributed by atoms with Crippen LogP contribution in [0.15, 0.2) is 84.0 Å². The zero-order valence-corrected chi connectivity index (χ0v) is 17.9. The van der Waals surface area contributed by atoms with Crippen molar-refractivity contribution in [2.75, 3.05) is 7.11 Å². The van der Waals surface area contributed by atoms with Gasteiger partial charge in [0, 0.05) is 11.5 Å². The third-order valence-electron chi connectivity index (χ3n) is 6.58. The Kier molecular flexibility index (Phi) is 4.92. The highest BCUT2D eigenvalue weighted by atomic mass is 16.5. The quantitative estimate of drug-likeness (QED) is 0.568. The van der Waals surface area contributed by atoms with E-state index in [0.717, 1.165) is 16.7 Å². The van der Waals surface area contributed by atoms with Crippen molar-refractivity contribution in [2.45, 2.75) is 18.0 Å². The highest BCUT2D eigenvalue weighted by Gasteiger charge is 2.64. The van der Waals surface area contributed by atoms with Crippen molar-refractivity contribution in [1.82, 2.24) is 5.01 Å². The summed E-state index contributed by atoms with van der Waals surface area (Å²) >= 11 is 0. The molecule has 2 aliphatic rings. The summed E-state index contributed by atoms with van der Waals surface area (Å²) < 4.78 is 5.23. The zero-order valence-electron chi connectivity index (χ0n) is 17.9. The van der Waals surface area contributed by atoms with Crippen LogP contribution in [0.25, 0.3) is 0 Å². The summed E-state index contributed by atoms with van der Waals surface area (Å²) in [4.78, 5) is 13.9. The number of nitriles is 2. The minimum absolute atomic E-state index is 0.194. The van der Waals surface area contributed by atoms with Gasteiger partial charge in [0.1, 0.15) is 17.8 Å². The van der Waals surface area contributed by atoms with Gasteiger partial charge in [0.15, 0.2) is 11.2 Å². The first-order valence-corrected chi connectivity index (χ1v) is 10.6. The van der Waals surface area contributed by atoms with Gasteiger partial charge < -0.3 is 4.74 Å². The zero-order chi connectivity index (χ0) is 23.0. The molecule has 3 aromatic rings. The lowest BCUT2D eigenvalue weighted by Gasteiger charge is -2.33. The van der Waals surface area contributed by atoms with Gasteiger partial charge in [-0.3, -0.25) is 9.80 Å². The van der Waals surface area contributed by atoms with Gasteiger partial charge in [-0.2, -0.15) is 15.6 Å². The van der Waals surface area contributed by atoms with Crippen LogP contribution in [0.5, 0.6) is 5.75 Å². The molecule has 0 aromatic heterocycles. The van der Waals surface area contributed by atoms with Crippen LogP contribution in [-0.2, 0) is 0 Å². The number of carbonyl (C=O) groups excluding carboxylic acids is 1. The maximum Gasteiger partial charge on any atom is 0.187 e. The van der Waals surface area contributed by atoms with E-state index in [9.17, 15) is 15.3 Å². The summed E-state index contributed by atoms with van der Waals surface area (Å²) in [5.74, 6) is -0.249. The van der Waals surface area contributed by atoms with Crippen LogP contribution in [0.2, 0.25) is 0 Å². The Morgan fingerprint density at radius 1 is 0.970 bits per heavy atom. The van der Waals surface area contributed by atoms with E-state index in [4.69, 9.17) is 4.74 Å². The van der Waals surface area contributed by atoms with E-state index < -0.39 is 23.4 Å². The molecule has 0 bridgehead atoms. The standard InChI is InChI=1S/C27H20N4O2/c1-33-21-13-11-19(12-14-21)25(32)24-23(18-7-3-2-4-8-18)27(16-28,17-29)26-22-10-6-5-9-20(22)15-30-31(24)26/h2-15,23-24,26H,1H3/t23-,24+,26-/m1/s1. The number of rotatable bonds is 4. The lowest BCUT2D eigenvalue weighted by atomic mass is 9.67. The summed E-state index contributed by atoms with van der Waals surface area (Å²) in [6, 6.07) is 26.9. The van der Waals surface area contributed by atoms with E-state index in [1.54, 1.807) is 42.6 Å². The van der Waals surface area contributed by atoms with Gasteiger partial charge in [0.05, 0.1) is 25.5 Å². The number of hydrogen-bond acceptors (Lipinski definition) is 6. The minimum atomic E-state index is -1.51. The molecule has 1 saturated heterocycles. The molecule has 2 aliphatic heterocycles. The second-order valence-corrected chi connectivity index (χ2v) is 8.17. The van der Waals surface area contributed by atoms with Crippen molar-refractivity contribution in [3.8, 4) is 17.9 Å². The van der Waals surface area contributed by atoms with Crippen LogP contribution in [0.1, 0.15) is 39.0 Å². The minimum Gasteiger partial charge on any atom is -0.497 e. The van der Waals surface area contributed by atoms with Gasteiger partial charge in [-0.25, -0.2) is 0 Å². The lowest BCUT2D eigenvalue weighted by molar-refractivity contribution is 0.0821. The summed E-state index contributed by atoms with van der Waals surface area (Å²) in [5, 5.41) is 27.2. The van der Waals surface area contributed by atoms with Crippen molar-refractivity contribution < 1.29 is 9.53 Å². The number of benzene rings is 3. The summed E-state index contributed by atoms with van der Waals surface area (Å²) in [6.45, 7) is 0. The molecule has 6 nitrogen and oxygen atoms in total. The van der Waals surface area contributed by atoms with Gasteiger partial charge in [0.25, 0.3) is 0 Å². The predicted molar refractivity (Wildman–Crippen MR) is 123 cm³/mol. The Labute approximate surface area is 192 Å². The normalized spacial score (nSPS) is 21.9. The molecular formula is C27H20N4O2. The monoisotopic (exact) mass is 432 g/mol. The van der Waals surface area contributed by atoms with Crippen LogP contribution in [0.3, 0.4) is 0 Å². The SMILES string of the molecule is COc1ccc(C(=O)[C@@H]2[C@@H](c3ccccc3)C(C#N)(C#N)[C@H]3c4ccccc4C=NN23)cc1. The molecule has 2 heterocycles. The maximum atomic E-state index is 13.9. The van der Waals surface area contributed by atoms with Crippen LogP contribution in [-0.4, -0.2) is 30.2 Å². The first-order valence-electron chi connectivity index (χ1n) is 10.6. The van der Waals surface area contributed by atoms with E-state index in [0.29, 0.717) is 11.3 Å². The molecule has 3 aromatic carbocycles. The average molecular weight is 432 g/mol. The van der Waals surface area contributed by atoms with E-state index in [-0.39, 0.29) is 5.78 Å². The number of hydrogen-bond donors (Lipinski definition) is 0. The first kappa shape index (κ1) is 20.5. The fraction of sp³-hybridized carbons (Fsp3) is 0.185. The van der Waals surface area contributed by atoms with Gasteiger partial charge >= 0.3 is 0 Å². The third kappa shape index (κ3) is 3.00. The second kappa shape index (κ2) is 7.93. The van der Waals surface area contributed by atoms with Gasteiger partial charge in [-0.1, -0.05) is 54.6 Å². The largest absolute Gasteiger partial charge is 0.497 e. The molecule has 0 aliphatic carbocycles. The topological polar surface area (TPSA) is 89.5 Å². The smallest absolute Gasteiger partial charge is 0.187 e. The maximum absolute atomic E-state index is 13.9. The van der Waals surface area contributed by atoms with E-state index in [2.05, 4.69) is 17.2 Å². The second-order valence-electron chi connectivity index (χ2n) is 8.17. The summed E-state index contributed by atoms with van der Waals surface area (Å²) in [7, 11) is 1.57. The average Bonchev–Trinajstić information content (AvgIpc) is 3.20. The van der Waals surface area contributed by atoms with Gasteiger partial charge in [-0.15, -0.1) is 0 Å². The molecule has 0 saturated carbocycles. The molecule has 3 atom stereocenters. The Hall–Kier alpha value is -4.42. The number of fused-ring (bicyclic) bond motifs is 3. The first-order chi connectivity index (χ1) is 16.1. The summed E-state index contributed by atoms with van der Waals surface area (Å²) in [5.41, 5.74) is 1.39. The predicted octanol–water partition coefficient (Wildman–Crippen LogP) is 4.47. The van der Waals surface area contributed by atoms with Crippen molar-refractivity contribution in [2.24, 2.45) is 10.5 Å². The van der Waals surface area contributed by atoms with Crippen molar-refractivity contribution in [3.05, 3.63) is 101 Å². The lowest BCUT2D eigenvalue weighted by Crippen LogP contribution is -2.38. The fourth-order valence-corrected chi connectivity index (χ4v) is 5.06. The molecule has 33 heavy (non-hydrogen) atoms. The third-order valence-corrected chi connectivity index (χ3v) is 6.58. The molecule has 0 amide bonds. The van der Waals surface area contributed by atoms with Crippen LogP contribution >= 0.6 is 0 Å². The van der Waals surface area contributed by atoms with Crippen LogP contribution < -0.4 is 4.74 Å². The molecule has 0 spiro atoms. The Morgan fingerprint density at radius 3 is 2.30 bits per heavy atom. The molecule has 0 unspecified atom stereocenters.